The molecule has 7 nitrogen and oxygen atoms in total. The van der Waals surface area contributed by atoms with Gasteiger partial charge >= 0.3 is 0 Å². The number of aromatic nitrogens is 4. The quantitative estimate of drug-likeness (QED) is 0.477. The van der Waals surface area contributed by atoms with Crippen molar-refractivity contribution in [1.29, 1.82) is 0 Å². The Labute approximate surface area is 170 Å². The van der Waals surface area contributed by atoms with Gasteiger partial charge in [-0.2, -0.15) is 5.10 Å². The van der Waals surface area contributed by atoms with Crippen LogP contribution in [-0.2, 0) is 13.2 Å². The molecule has 0 saturated heterocycles. The van der Waals surface area contributed by atoms with Gasteiger partial charge < -0.3 is 15.2 Å². The van der Waals surface area contributed by atoms with Crippen molar-refractivity contribution < 1.29 is 14.2 Å². The van der Waals surface area contributed by atoms with Gasteiger partial charge in [0.05, 0.1) is 24.4 Å². The Morgan fingerprint density at radius 1 is 1.17 bits per heavy atom. The third-order valence-electron chi connectivity index (χ3n) is 4.16. The lowest BCUT2D eigenvalue weighted by atomic mass is 10.2. The molecule has 148 valence electrons. The number of rotatable bonds is 7. The molecule has 0 aliphatic carbocycles. The van der Waals surface area contributed by atoms with Crippen molar-refractivity contribution in [3.05, 3.63) is 71.4 Å². The summed E-state index contributed by atoms with van der Waals surface area (Å²) in [6.07, 6.45) is 3.18. The second kappa shape index (κ2) is 8.42. The average Bonchev–Trinajstić information content (AvgIpc) is 3.11. The molecular weight excluding hydrogens is 397 g/mol. The van der Waals surface area contributed by atoms with Crippen molar-refractivity contribution in [3.8, 4) is 5.75 Å². The second-order valence-corrected chi connectivity index (χ2v) is 6.67. The lowest BCUT2D eigenvalue weighted by molar-refractivity contribution is 0.270. The van der Waals surface area contributed by atoms with E-state index in [0.29, 0.717) is 45.4 Å². The van der Waals surface area contributed by atoms with Crippen LogP contribution >= 0.6 is 11.6 Å². The molecule has 29 heavy (non-hydrogen) atoms. The topological polar surface area (TPSA) is 85.1 Å². The summed E-state index contributed by atoms with van der Waals surface area (Å²) in [5.41, 5.74) is 2.66. The Hall–Kier alpha value is -3.23. The number of anilines is 2. The van der Waals surface area contributed by atoms with Crippen LogP contribution in [0.2, 0.25) is 5.02 Å². The fraction of sp³-hybridized carbons (Fsp3) is 0.150. The summed E-state index contributed by atoms with van der Waals surface area (Å²) in [5.74, 6) is 0.701. The standard InChI is InChI=1S/C20H17ClFN5O2/c21-16-9-15(4-5-18(16)29-11-13-2-1-3-14(22)8-13)25-20-19-17(23-12-24-20)10-27(26-19)6-7-28/h1-5,8-10,12,28H,6-7,11H2,(H,23,24,25). The predicted molar refractivity (Wildman–Crippen MR) is 108 cm³/mol. The van der Waals surface area contributed by atoms with E-state index >= 15 is 0 Å². The fourth-order valence-corrected chi connectivity index (χ4v) is 3.05. The lowest BCUT2D eigenvalue weighted by Crippen LogP contribution is -2.02. The monoisotopic (exact) mass is 413 g/mol. The SMILES string of the molecule is OCCn1cc2ncnc(Nc3ccc(OCc4cccc(F)c4)c(Cl)c3)c2n1. The van der Waals surface area contributed by atoms with Crippen LogP contribution in [0.1, 0.15) is 5.56 Å². The van der Waals surface area contributed by atoms with Gasteiger partial charge in [0, 0.05) is 5.69 Å². The molecule has 0 atom stereocenters. The molecule has 2 aromatic carbocycles. The number of aliphatic hydroxyl groups is 1. The van der Waals surface area contributed by atoms with Gasteiger partial charge in [-0.05, 0) is 35.9 Å². The van der Waals surface area contributed by atoms with E-state index in [9.17, 15) is 4.39 Å². The van der Waals surface area contributed by atoms with E-state index < -0.39 is 0 Å². The van der Waals surface area contributed by atoms with Gasteiger partial charge in [-0.1, -0.05) is 23.7 Å². The van der Waals surface area contributed by atoms with Crippen molar-refractivity contribution in [1.82, 2.24) is 19.7 Å². The lowest BCUT2D eigenvalue weighted by Gasteiger charge is -2.11. The summed E-state index contributed by atoms with van der Waals surface area (Å²) in [6.45, 7) is 0.564. The highest BCUT2D eigenvalue weighted by Gasteiger charge is 2.10. The number of ether oxygens (including phenoxy) is 1. The Balaban J connectivity index is 1.50. The number of hydrogen-bond acceptors (Lipinski definition) is 6. The molecule has 0 aliphatic rings. The predicted octanol–water partition coefficient (Wildman–Crippen LogP) is 3.93. The molecule has 0 unspecified atom stereocenters. The van der Waals surface area contributed by atoms with Crippen molar-refractivity contribution in [2.24, 2.45) is 0 Å². The van der Waals surface area contributed by atoms with Crippen LogP contribution < -0.4 is 10.1 Å². The van der Waals surface area contributed by atoms with Crippen LogP contribution in [0.25, 0.3) is 11.0 Å². The third-order valence-corrected chi connectivity index (χ3v) is 4.45. The first-order valence-electron chi connectivity index (χ1n) is 8.85. The first-order valence-corrected chi connectivity index (χ1v) is 9.23. The van der Waals surface area contributed by atoms with Gasteiger partial charge in [-0.15, -0.1) is 0 Å². The van der Waals surface area contributed by atoms with Gasteiger partial charge in [-0.25, -0.2) is 14.4 Å². The van der Waals surface area contributed by atoms with Crippen molar-refractivity contribution in [2.75, 3.05) is 11.9 Å². The molecule has 0 saturated carbocycles. The van der Waals surface area contributed by atoms with E-state index in [1.165, 1.54) is 18.5 Å². The molecule has 4 rings (SSSR count). The minimum Gasteiger partial charge on any atom is -0.487 e. The van der Waals surface area contributed by atoms with Gasteiger partial charge in [0.25, 0.3) is 0 Å². The van der Waals surface area contributed by atoms with Crippen LogP contribution in [-0.4, -0.2) is 31.5 Å². The van der Waals surface area contributed by atoms with Crippen molar-refractivity contribution >= 4 is 34.1 Å². The third kappa shape index (κ3) is 4.44. The van der Waals surface area contributed by atoms with Crippen molar-refractivity contribution in [3.63, 3.8) is 0 Å². The summed E-state index contributed by atoms with van der Waals surface area (Å²) in [4.78, 5) is 8.43. The summed E-state index contributed by atoms with van der Waals surface area (Å²) in [5, 5.41) is 17.0. The van der Waals surface area contributed by atoms with Gasteiger partial charge in [-0.3, -0.25) is 4.68 Å². The maximum Gasteiger partial charge on any atom is 0.162 e. The first kappa shape index (κ1) is 19.1. The number of nitrogens with zero attached hydrogens (tertiary/aromatic N) is 4. The number of aliphatic hydroxyl groups excluding tert-OH is 1. The summed E-state index contributed by atoms with van der Waals surface area (Å²) < 4.78 is 20.6. The Morgan fingerprint density at radius 2 is 2.07 bits per heavy atom. The Kier molecular flexibility index (Phi) is 5.55. The molecule has 0 bridgehead atoms. The Bertz CT molecular complexity index is 1150. The normalized spacial score (nSPS) is 11.0. The maximum absolute atomic E-state index is 13.3. The van der Waals surface area contributed by atoms with Crippen LogP contribution in [0.15, 0.2) is 55.0 Å². The molecule has 0 spiro atoms. The first-order chi connectivity index (χ1) is 14.1. The van der Waals surface area contributed by atoms with Crippen LogP contribution in [0.3, 0.4) is 0 Å². The van der Waals surface area contributed by atoms with E-state index in [0.717, 1.165) is 0 Å². The van der Waals surface area contributed by atoms with Gasteiger partial charge in [0.1, 0.15) is 30.0 Å². The second-order valence-electron chi connectivity index (χ2n) is 6.26. The molecule has 0 radical (unpaired) electrons. The molecule has 0 amide bonds. The largest absolute Gasteiger partial charge is 0.487 e. The molecule has 2 heterocycles. The van der Waals surface area contributed by atoms with E-state index in [2.05, 4.69) is 20.4 Å². The minimum absolute atomic E-state index is 0.0170. The maximum atomic E-state index is 13.3. The minimum atomic E-state index is -0.311. The summed E-state index contributed by atoms with van der Waals surface area (Å²) >= 11 is 6.34. The van der Waals surface area contributed by atoms with Crippen LogP contribution in [0, 0.1) is 5.82 Å². The van der Waals surface area contributed by atoms with E-state index in [4.69, 9.17) is 21.4 Å². The Morgan fingerprint density at radius 3 is 2.86 bits per heavy atom. The number of halogens is 2. The summed E-state index contributed by atoms with van der Waals surface area (Å²) in [6, 6.07) is 11.4. The van der Waals surface area contributed by atoms with E-state index in [-0.39, 0.29) is 19.0 Å². The van der Waals surface area contributed by atoms with Crippen molar-refractivity contribution in [2.45, 2.75) is 13.2 Å². The van der Waals surface area contributed by atoms with Gasteiger partial charge in [0.2, 0.25) is 0 Å². The smallest absolute Gasteiger partial charge is 0.162 e. The van der Waals surface area contributed by atoms with E-state index in [1.807, 2.05) is 0 Å². The summed E-state index contributed by atoms with van der Waals surface area (Å²) in [7, 11) is 0. The number of nitrogens with one attached hydrogen (secondary N) is 1. The number of fused-ring (bicyclic) bond motifs is 1. The zero-order valence-electron chi connectivity index (χ0n) is 15.2. The van der Waals surface area contributed by atoms with Crippen LogP contribution in [0.4, 0.5) is 15.9 Å². The highest BCUT2D eigenvalue weighted by atomic mass is 35.5. The molecule has 2 N–H and O–H groups in total. The zero-order valence-corrected chi connectivity index (χ0v) is 16.0. The molecule has 4 aromatic rings. The zero-order chi connectivity index (χ0) is 20.2. The fourth-order valence-electron chi connectivity index (χ4n) is 2.81. The molecule has 2 aromatic heterocycles. The molecular formula is C20H17ClFN5O2. The molecule has 9 heteroatoms. The number of hydrogen-bond donors (Lipinski definition) is 2. The highest BCUT2D eigenvalue weighted by Crippen LogP contribution is 2.30. The van der Waals surface area contributed by atoms with E-state index in [1.54, 1.807) is 41.2 Å². The molecule has 0 aliphatic heterocycles. The van der Waals surface area contributed by atoms with Crippen LogP contribution in [0.5, 0.6) is 5.75 Å². The highest BCUT2D eigenvalue weighted by molar-refractivity contribution is 6.32. The van der Waals surface area contributed by atoms with Gasteiger partial charge in [0.15, 0.2) is 11.3 Å². The number of benzene rings is 2. The average molecular weight is 414 g/mol. The molecule has 0 fully saturated rings.